The number of benzene rings is 1. The summed E-state index contributed by atoms with van der Waals surface area (Å²) in [5, 5.41) is 2.29. The minimum atomic E-state index is 0.569. The Morgan fingerprint density at radius 1 is 1.29 bits per heavy atom. The number of rotatable bonds is 2. The fraction of sp³-hybridized carbons (Fsp3) is 0.308. The van der Waals surface area contributed by atoms with Crippen LogP contribution in [-0.4, -0.2) is 4.98 Å². The molecule has 0 saturated carbocycles. The van der Waals surface area contributed by atoms with Crippen LogP contribution in [0.5, 0.6) is 0 Å². The maximum atomic E-state index is 6.32. The minimum Gasteiger partial charge on any atom is -0.235 e. The Bertz CT molecular complexity index is 581. The Kier molecular flexibility index (Phi) is 3.96. The molecule has 0 unspecified atom stereocenters. The summed E-state index contributed by atoms with van der Waals surface area (Å²) in [6.45, 7) is 4.11. The van der Waals surface area contributed by atoms with E-state index in [4.69, 9.17) is 23.2 Å². The van der Waals surface area contributed by atoms with Crippen LogP contribution in [0.3, 0.4) is 0 Å². The number of aromatic nitrogens is 1. The monoisotopic (exact) mass is 331 g/mol. The predicted octanol–water partition coefficient (Wildman–Crippen LogP) is 5.57. The molecule has 0 radical (unpaired) electrons. The molecular formula is C13H12BrCl2N. The molecule has 0 bridgehead atoms. The van der Waals surface area contributed by atoms with Crippen LogP contribution >= 0.6 is 39.1 Å². The van der Waals surface area contributed by atoms with Gasteiger partial charge in [0.25, 0.3) is 0 Å². The van der Waals surface area contributed by atoms with E-state index in [0.717, 1.165) is 44.4 Å². The lowest BCUT2D eigenvalue weighted by Crippen LogP contribution is -1.92. The quantitative estimate of drug-likeness (QED) is 0.655. The van der Waals surface area contributed by atoms with Crippen molar-refractivity contribution < 1.29 is 0 Å². The Labute approximate surface area is 119 Å². The van der Waals surface area contributed by atoms with Gasteiger partial charge in [-0.1, -0.05) is 36.5 Å². The highest BCUT2D eigenvalue weighted by Gasteiger charge is 2.11. The number of aryl methyl sites for hydroxylation is 2. The summed E-state index contributed by atoms with van der Waals surface area (Å²) in [5.74, 6) is 0. The first-order valence-electron chi connectivity index (χ1n) is 5.48. The van der Waals surface area contributed by atoms with Crippen LogP contribution in [0.4, 0.5) is 0 Å². The third-order valence-corrected chi connectivity index (χ3v) is 4.15. The van der Waals surface area contributed by atoms with Crippen molar-refractivity contribution in [2.45, 2.75) is 26.7 Å². The number of hydrogen-bond donors (Lipinski definition) is 0. The Balaban J connectivity index is 2.79. The molecule has 2 rings (SSSR count). The largest absolute Gasteiger partial charge is 0.235 e. The van der Waals surface area contributed by atoms with Gasteiger partial charge in [-0.15, -0.1) is 0 Å². The van der Waals surface area contributed by atoms with E-state index in [9.17, 15) is 0 Å². The van der Waals surface area contributed by atoms with E-state index in [2.05, 4.69) is 27.8 Å². The molecule has 0 atom stereocenters. The molecular weight excluding hydrogens is 321 g/mol. The lowest BCUT2D eigenvalue weighted by Gasteiger charge is -2.09. The fourth-order valence-electron chi connectivity index (χ4n) is 1.86. The van der Waals surface area contributed by atoms with Gasteiger partial charge < -0.3 is 0 Å². The van der Waals surface area contributed by atoms with E-state index in [1.165, 1.54) is 0 Å². The van der Waals surface area contributed by atoms with Gasteiger partial charge in [0.15, 0.2) is 0 Å². The zero-order valence-corrected chi connectivity index (χ0v) is 12.7. The van der Waals surface area contributed by atoms with Gasteiger partial charge in [-0.05, 0) is 52.5 Å². The van der Waals surface area contributed by atoms with E-state index < -0.39 is 0 Å². The lowest BCUT2D eigenvalue weighted by atomic mass is 10.1. The number of fused-ring (bicyclic) bond motifs is 1. The molecule has 2 aromatic rings. The van der Waals surface area contributed by atoms with Crippen molar-refractivity contribution in [3.63, 3.8) is 0 Å². The van der Waals surface area contributed by atoms with Crippen molar-refractivity contribution in [2.75, 3.05) is 0 Å². The molecule has 0 aliphatic carbocycles. The Morgan fingerprint density at radius 2 is 2.00 bits per heavy atom. The Morgan fingerprint density at radius 3 is 2.65 bits per heavy atom. The zero-order chi connectivity index (χ0) is 12.6. The Hall–Kier alpha value is -0.310. The molecule has 90 valence electrons. The van der Waals surface area contributed by atoms with E-state index >= 15 is 0 Å². The summed E-state index contributed by atoms with van der Waals surface area (Å²) >= 11 is 16.0. The molecule has 0 spiro atoms. The van der Waals surface area contributed by atoms with E-state index in [-0.39, 0.29) is 0 Å². The molecule has 0 amide bonds. The first-order chi connectivity index (χ1) is 8.04. The molecule has 0 aliphatic rings. The normalized spacial score (nSPS) is 11.1. The number of nitrogens with zero attached hydrogens (tertiary/aromatic N) is 1. The van der Waals surface area contributed by atoms with Crippen LogP contribution in [0, 0.1) is 6.92 Å². The fourth-order valence-corrected chi connectivity index (χ4v) is 2.94. The van der Waals surface area contributed by atoms with Gasteiger partial charge in [0.05, 0.1) is 10.5 Å². The van der Waals surface area contributed by atoms with Gasteiger partial charge >= 0.3 is 0 Å². The molecule has 0 aliphatic heterocycles. The molecule has 4 heteroatoms. The van der Waals surface area contributed by atoms with Gasteiger partial charge in [-0.3, -0.25) is 0 Å². The van der Waals surface area contributed by atoms with Crippen LogP contribution in [0.25, 0.3) is 10.9 Å². The van der Waals surface area contributed by atoms with E-state index in [0.29, 0.717) is 5.15 Å². The summed E-state index contributed by atoms with van der Waals surface area (Å²) < 4.78 is 0.930. The van der Waals surface area contributed by atoms with Crippen molar-refractivity contribution in [3.8, 4) is 0 Å². The molecule has 1 aromatic heterocycles. The third-order valence-electron chi connectivity index (χ3n) is 2.72. The second-order valence-corrected chi connectivity index (χ2v) is 5.66. The third kappa shape index (κ3) is 2.44. The molecule has 0 saturated heterocycles. The SMILES string of the molecule is CCCc1cc2c(Cl)c(C)cc(Br)c2nc1Cl. The van der Waals surface area contributed by atoms with Gasteiger partial charge in [-0.2, -0.15) is 0 Å². The topological polar surface area (TPSA) is 12.9 Å². The molecule has 0 fully saturated rings. The van der Waals surface area contributed by atoms with Crippen molar-refractivity contribution in [3.05, 3.63) is 37.9 Å². The molecule has 17 heavy (non-hydrogen) atoms. The van der Waals surface area contributed by atoms with Crippen molar-refractivity contribution in [2.24, 2.45) is 0 Å². The molecule has 1 aromatic carbocycles. The first kappa shape index (κ1) is 13.1. The van der Waals surface area contributed by atoms with E-state index in [1.54, 1.807) is 0 Å². The number of hydrogen-bond acceptors (Lipinski definition) is 1. The van der Waals surface area contributed by atoms with Gasteiger partial charge in [0.1, 0.15) is 5.15 Å². The van der Waals surface area contributed by atoms with Crippen molar-refractivity contribution >= 4 is 50.0 Å². The minimum absolute atomic E-state index is 0.569. The molecule has 0 N–H and O–H groups in total. The highest BCUT2D eigenvalue weighted by molar-refractivity contribution is 9.10. The summed E-state index contributed by atoms with van der Waals surface area (Å²) in [5.41, 5.74) is 2.92. The summed E-state index contributed by atoms with van der Waals surface area (Å²) in [6.07, 6.45) is 1.96. The maximum Gasteiger partial charge on any atom is 0.133 e. The van der Waals surface area contributed by atoms with Crippen LogP contribution in [0.15, 0.2) is 16.6 Å². The predicted molar refractivity (Wildman–Crippen MR) is 78.2 cm³/mol. The highest BCUT2D eigenvalue weighted by atomic mass is 79.9. The molecule has 1 heterocycles. The smallest absolute Gasteiger partial charge is 0.133 e. The molecule has 1 nitrogen and oxygen atoms in total. The summed E-state index contributed by atoms with van der Waals surface area (Å²) in [7, 11) is 0. The summed E-state index contributed by atoms with van der Waals surface area (Å²) in [4.78, 5) is 4.43. The average molecular weight is 333 g/mol. The second-order valence-electron chi connectivity index (χ2n) is 4.07. The van der Waals surface area contributed by atoms with E-state index in [1.807, 2.05) is 19.1 Å². The van der Waals surface area contributed by atoms with Crippen molar-refractivity contribution in [1.82, 2.24) is 4.98 Å². The first-order valence-corrected chi connectivity index (χ1v) is 7.03. The average Bonchev–Trinajstić information content (AvgIpc) is 2.28. The van der Waals surface area contributed by atoms with Crippen molar-refractivity contribution in [1.29, 1.82) is 0 Å². The standard InChI is InChI=1S/C13H12BrCl2N/c1-3-4-8-6-9-11(15)7(2)5-10(14)12(9)17-13(8)16/h5-6H,3-4H2,1-2H3. The second kappa shape index (κ2) is 5.13. The van der Waals surface area contributed by atoms with Crippen LogP contribution in [-0.2, 0) is 6.42 Å². The van der Waals surface area contributed by atoms with Crippen LogP contribution < -0.4 is 0 Å². The van der Waals surface area contributed by atoms with Crippen LogP contribution in [0.2, 0.25) is 10.2 Å². The highest BCUT2D eigenvalue weighted by Crippen LogP contribution is 2.34. The van der Waals surface area contributed by atoms with Gasteiger partial charge in [0.2, 0.25) is 0 Å². The van der Waals surface area contributed by atoms with Gasteiger partial charge in [0, 0.05) is 9.86 Å². The number of halogens is 3. The number of pyridine rings is 1. The zero-order valence-electron chi connectivity index (χ0n) is 9.65. The van der Waals surface area contributed by atoms with Crippen LogP contribution in [0.1, 0.15) is 24.5 Å². The summed E-state index contributed by atoms with van der Waals surface area (Å²) in [6, 6.07) is 4.02. The van der Waals surface area contributed by atoms with Gasteiger partial charge in [-0.25, -0.2) is 4.98 Å². The lowest BCUT2D eigenvalue weighted by molar-refractivity contribution is 0.917. The maximum absolute atomic E-state index is 6.32.